The van der Waals surface area contributed by atoms with E-state index in [9.17, 15) is 14.4 Å². The molecule has 0 bridgehead atoms. The van der Waals surface area contributed by atoms with Gasteiger partial charge in [-0.05, 0) is 43.2 Å². The fourth-order valence-electron chi connectivity index (χ4n) is 2.18. The van der Waals surface area contributed by atoms with Crippen molar-refractivity contribution in [3.8, 4) is 5.75 Å². The van der Waals surface area contributed by atoms with Crippen LogP contribution in [-0.4, -0.2) is 17.8 Å². The average molecular weight is 352 g/mol. The Bertz CT molecular complexity index is 858. The second-order valence-corrected chi connectivity index (χ2v) is 5.79. The maximum Gasteiger partial charge on any atom is 0.338 e. The summed E-state index contributed by atoms with van der Waals surface area (Å²) in [7, 11) is 0. The Kier molecular flexibility index (Phi) is 6.27. The number of primary amides is 1. The van der Waals surface area contributed by atoms with E-state index in [4.69, 9.17) is 10.5 Å². The molecule has 0 unspecified atom stereocenters. The highest BCUT2D eigenvalue weighted by Gasteiger charge is 2.13. The van der Waals surface area contributed by atoms with E-state index in [1.54, 1.807) is 49.4 Å². The minimum Gasteiger partial charge on any atom is -0.421 e. The van der Waals surface area contributed by atoms with E-state index in [1.165, 1.54) is 0 Å². The molecule has 2 aromatic carbocycles. The lowest BCUT2D eigenvalue weighted by molar-refractivity contribution is -0.130. The zero-order valence-corrected chi connectivity index (χ0v) is 14.5. The minimum absolute atomic E-state index is 0.213. The van der Waals surface area contributed by atoms with Crippen molar-refractivity contribution in [1.82, 2.24) is 0 Å². The van der Waals surface area contributed by atoms with Crippen LogP contribution in [0.3, 0.4) is 0 Å². The Morgan fingerprint density at radius 1 is 1.12 bits per heavy atom. The molecule has 0 aliphatic carbocycles. The molecule has 0 aliphatic heterocycles. The van der Waals surface area contributed by atoms with Gasteiger partial charge in [0.1, 0.15) is 0 Å². The van der Waals surface area contributed by atoms with Crippen LogP contribution < -0.4 is 15.8 Å². The normalized spacial score (nSPS) is 10.0. The van der Waals surface area contributed by atoms with Gasteiger partial charge in [0.15, 0.2) is 5.75 Å². The number of carbonyl (C=O) groups is 3. The Morgan fingerprint density at radius 2 is 1.85 bits per heavy atom. The summed E-state index contributed by atoms with van der Waals surface area (Å²) in [6, 6.07) is 13.5. The summed E-state index contributed by atoms with van der Waals surface area (Å²) in [5.41, 5.74) is 7.04. The molecule has 0 radical (unpaired) electrons. The van der Waals surface area contributed by atoms with Crippen molar-refractivity contribution in [2.24, 2.45) is 5.73 Å². The van der Waals surface area contributed by atoms with Crippen LogP contribution in [0.1, 0.15) is 29.3 Å². The molecule has 0 spiro atoms. The number of nitrogens with one attached hydrogen (secondary N) is 1. The van der Waals surface area contributed by atoms with Crippen molar-refractivity contribution >= 4 is 23.5 Å². The molecule has 2 amide bonds. The second-order valence-electron chi connectivity index (χ2n) is 5.79. The Labute approximate surface area is 151 Å². The van der Waals surface area contributed by atoms with Crippen LogP contribution in [0.4, 0.5) is 5.69 Å². The fourth-order valence-corrected chi connectivity index (χ4v) is 2.18. The third-order valence-corrected chi connectivity index (χ3v) is 3.54. The number of hydrogen-bond donors (Lipinski definition) is 2. The topological polar surface area (TPSA) is 98.5 Å². The van der Waals surface area contributed by atoms with E-state index < -0.39 is 11.9 Å². The molecule has 2 aromatic rings. The summed E-state index contributed by atoms with van der Waals surface area (Å²) in [5, 5.41) is 2.73. The molecule has 3 N–H and O–H groups in total. The lowest BCUT2D eigenvalue weighted by Gasteiger charge is -2.11. The van der Waals surface area contributed by atoms with Crippen molar-refractivity contribution < 1.29 is 19.1 Å². The highest BCUT2D eigenvalue weighted by atomic mass is 16.5. The first-order valence-electron chi connectivity index (χ1n) is 8.02. The van der Waals surface area contributed by atoms with Gasteiger partial charge in [0.2, 0.25) is 5.91 Å². The van der Waals surface area contributed by atoms with Crippen LogP contribution in [0, 0.1) is 0 Å². The van der Waals surface area contributed by atoms with E-state index in [2.05, 4.69) is 11.9 Å². The standard InChI is InChI=1S/C20H20N2O4/c1-13(2)20(25)26-17-9-4-3-8-16(17)22-19(24)15-7-5-6-14(12-15)10-11-18(21)23/h3-9,12H,1,10-11H2,2H3,(H2,21,23)(H,22,24). The zero-order valence-electron chi connectivity index (χ0n) is 14.5. The van der Waals surface area contributed by atoms with E-state index in [0.29, 0.717) is 17.7 Å². The molecule has 0 aromatic heterocycles. The molecule has 2 rings (SSSR count). The number of benzene rings is 2. The van der Waals surface area contributed by atoms with Gasteiger partial charge in [0.25, 0.3) is 5.91 Å². The third-order valence-electron chi connectivity index (χ3n) is 3.54. The van der Waals surface area contributed by atoms with E-state index in [-0.39, 0.29) is 23.7 Å². The largest absolute Gasteiger partial charge is 0.421 e. The fraction of sp³-hybridized carbons (Fsp3) is 0.150. The number of rotatable bonds is 7. The molecular weight excluding hydrogens is 332 g/mol. The summed E-state index contributed by atoms with van der Waals surface area (Å²) in [6.07, 6.45) is 0.675. The van der Waals surface area contributed by atoms with Crippen LogP contribution in [-0.2, 0) is 16.0 Å². The van der Waals surface area contributed by atoms with Gasteiger partial charge in [-0.15, -0.1) is 0 Å². The van der Waals surface area contributed by atoms with E-state index in [1.807, 2.05) is 6.07 Å². The Balaban J connectivity index is 2.15. The van der Waals surface area contributed by atoms with E-state index >= 15 is 0 Å². The second kappa shape index (κ2) is 8.62. The van der Waals surface area contributed by atoms with Crippen LogP contribution in [0.5, 0.6) is 5.75 Å². The number of hydrogen-bond acceptors (Lipinski definition) is 4. The summed E-state index contributed by atoms with van der Waals surface area (Å²) in [6.45, 7) is 5.08. The van der Waals surface area contributed by atoms with E-state index in [0.717, 1.165) is 5.56 Å². The van der Waals surface area contributed by atoms with Gasteiger partial charge >= 0.3 is 5.97 Å². The Morgan fingerprint density at radius 3 is 2.54 bits per heavy atom. The molecular formula is C20H20N2O4. The molecule has 0 saturated heterocycles. The van der Waals surface area contributed by atoms with Gasteiger partial charge < -0.3 is 15.8 Å². The number of aryl methyl sites for hydroxylation is 1. The monoisotopic (exact) mass is 352 g/mol. The maximum atomic E-state index is 12.5. The molecule has 26 heavy (non-hydrogen) atoms. The SMILES string of the molecule is C=C(C)C(=O)Oc1ccccc1NC(=O)c1cccc(CCC(N)=O)c1. The maximum absolute atomic E-state index is 12.5. The van der Waals surface area contributed by atoms with Gasteiger partial charge in [-0.1, -0.05) is 30.8 Å². The average Bonchev–Trinajstić information content (AvgIpc) is 2.61. The summed E-state index contributed by atoms with van der Waals surface area (Å²) >= 11 is 0. The van der Waals surface area contributed by atoms with Gasteiger partial charge in [-0.25, -0.2) is 4.79 Å². The first-order chi connectivity index (χ1) is 12.4. The molecule has 0 fully saturated rings. The van der Waals surface area contributed by atoms with Crippen molar-refractivity contribution in [1.29, 1.82) is 0 Å². The van der Waals surface area contributed by atoms with Crippen LogP contribution >= 0.6 is 0 Å². The van der Waals surface area contributed by atoms with Gasteiger partial charge in [-0.3, -0.25) is 9.59 Å². The summed E-state index contributed by atoms with van der Waals surface area (Å²) in [5.74, 6) is -1.09. The van der Waals surface area contributed by atoms with Crippen LogP contribution in [0.25, 0.3) is 0 Å². The number of anilines is 1. The molecule has 6 nitrogen and oxygen atoms in total. The highest BCUT2D eigenvalue weighted by molar-refractivity contribution is 6.05. The van der Waals surface area contributed by atoms with Crippen LogP contribution in [0.15, 0.2) is 60.7 Å². The van der Waals surface area contributed by atoms with Crippen molar-refractivity contribution in [2.75, 3.05) is 5.32 Å². The predicted molar refractivity (Wildman–Crippen MR) is 98.8 cm³/mol. The zero-order chi connectivity index (χ0) is 19.1. The lowest BCUT2D eigenvalue weighted by Crippen LogP contribution is -2.15. The Hall–Kier alpha value is -3.41. The quantitative estimate of drug-likeness (QED) is 0.455. The first kappa shape index (κ1) is 18.9. The molecule has 134 valence electrons. The number of carbonyl (C=O) groups excluding carboxylic acids is 3. The number of esters is 1. The highest BCUT2D eigenvalue weighted by Crippen LogP contribution is 2.25. The number of amides is 2. The molecule has 0 aliphatic rings. The number of ether oxygens (including phenoxy) is 1. The van der Waals surface area contributed by atoms with Crippen molar-refractivity contribution in [3.63, 3.8) is 0 Å². The van der Waals surface area contributed by atoms with Gasteiger partial charge in [0, 0.05) is 17.6 Å². The number of para-hydroxylation sites is 2. The van der Waals surface area contributed by atoms with Crippen LogP contribution in [0.2, 0.25) is 0 Å². The summed E-state index contributed by atoms with van der Waals surface area (Å²) < 4.78 is 5.23. The minimum atomic E-state index is -0.569. The smallest absolute Gasteiger partial charge is 0.338 e. The summed E-state index contributed by atoms with van der Waals surface area (Å²) in [4.78, 5) is 35.1. The third kappa shape index (κ3) is 5.31. The predicted octanol–water partition coefficient (Wildman–Crippen LogP) is 2.84. The molecule has 0 saturated carbocycles. The first-order valence-corrected chi connectivity index (χ1v) is 8.02. The molecule has 6 heteroatoms. The van der Waals surface area contributed by atoms with Crippen molar-refractivity contribution in [3.05, 3.63) is 71.8 Å². The molecule has 0 atom stereocenters. The van der Waals surface area contributed by atoms with Gasteiger partial charge in [0.05, 0.1) is 5.69 Å². The van der Waals surface area contributed by atoms with Gasteiger partial charge in [-0.2, -0.15) is 0 Å². The lowest BCUT2D eigenvalue weighted by atomic mass is 10.1. The number of nitrogens with two attached hydrogens (primary N) is 1. The molecule has 0 heterocycles. The van der Waals surface area contributed by atoms with Crippen molar-refractivity contribution in [2.45, 2.75) is 19.8 Å².